The van der Waals surface area contributed by atoms with Crippen LogP contribution in [0, 0.1) is 0 Å². The Hall–Kier alpha value is -0.980. The number of carbonyl (C=O) groups is 1. The molecule has 106 valence electrons. The van der Waals surface area contributed by atoms with E-state index in [-0.39, 0.29) is 23.4 Å². The first-order valence-electron chi connectivity index (χ1n) is 5.86. The highest BCUT2D eigenvalue weighted by molar-refractivity contribution is 8.93. The molecule has 2 aliphatic heterocycles. The second-order valence-corrected chi connectivity index (χ2v) is 5.77. The second-order valence-electron chi connectivity index (χ2n) is 4.27. The predicted molar refractivity (Wildman–Crippen MR) is 87.5 cm³/mol. The number of hydrogen-bond donors (Lipinski definition) is 1. The van der Waals surface area contributed by atoms with Crippen molar-refractivity contribution in [3.63, 3.8) is 0 Å². The van der Waals surface area contributed by atoms with Gasteiger partial charge in [0.2, 0.25) is 0 Å². The lowest BCUT2D eigenvalue weighted by atomic mass is 10.1. The second kappa shape index (κ2) is 6.20. The van der Waals surface area contributed by atoms with Gasteiger partial charge in [-0.3, -0.25) is 9.79 Å². The Morgan fingerprint density at radius 1 is 1.40 bits per heavy atom. The molecule has 1 N–H and O–H groups in total. The zero-order valence-corrected chi connectivity index (χ0v) is 13.7. The molecule has 20 heavy (non-hydrogen) atoms. The van der Waals surface area contributed by atoms with Crippen molar-refractivity contribution < 1.29 is 9.90 Å². The minimum Gasteiger partial charge on any atom is -0.481 e. The van der Waals surface area contributed by atoms with Crippen LogP contribution in [0.15, 0.2) is 34.2 Å². The van der Waals surface area contributed by atoms with Crippen LogP contribution in [-0.4, -0.2) is 34.2 Å². The number of nitrogens with zero attached hydrogens (tertiary/aromatic N) is 2. The van der Waals surface area contributed by atoms with Crippen LogP contribution in [-0.2, 0) is 4.79 Å². The van der Waals surface area contributed by atoms with Gasteiger partial charge in [-0.2, -0.15) is 0 Å². The van der Waals surface area contributed by atoms with Gasteiger partial charge >= 0.3 is 5.97 Å². The molecule has 7 heteroatoms. The van der Waals surface area contributed by atoms with Crippen LogP contribution in [0.3, 0.4) is 0 Å². The third-order valence-electron chi connectivity index (χ3n) is 2.98. The van der Waals surface area contributed by atoms with E-state index in [0.717, 1.165) is 34.4 Å². The SMILES string of the molecule is Br.O=C(O)CC1=C(c2ccc(Cl)cc2)N2CCN=C2S1. The van der Waals surface area contributed by atoms with Crippen molar-refractivity contribution >= 4 is 57.2 Å². The highest BCUT2D eigenvalue weighted by Crippen LogP contribution is 2.43. The maximum absolute atomic E-state index is 11.0. The maximum atomic E-state index is 11.0. The van der Waals surface area contributed by atoms with E-state index in [1.54, 1.807) is 0 Å². The van der Waals surface area contributed by atoms with Crippen molar-refractivity contribution in [1.82, 2.24) is 4.90 Å². The molecule has 0 saturated carbocycles. The van der Waals surface area contributed by atoms with Crippen LogP contribution in [0.2, 0.25) is 5.02 Å². The van der Waals surface area contributed by atoms with E-state index in [1.165, 1.54) is 11.8 Å². The van der Waals surface area contributed by atoms with Crippen LogP contribution < -0.4 is 0 Å². The first-order chi connectivity index (χ1) is 9.15. The number of aliphatic imine (C=N–C) groups is 1. The van der Waals surface area contributed by atoms with Gasteiger partial charge in [-0.1, -0.05) is 35.5 Å². The fourth-order valence-electron chi connectivity index (χ4n) is 2.21. The number of amidine groups is 1. The summed E-state index contributed by atoms with van der Waals surface area (Å²) in [6.07, 6.45) is 0.0259. The van der Waals surface area contributed by atoms with E-state index in [9.17, 15) is 4.79 Å². The standard InChI is InChI=1S/C13H11ClN2O2S.BrH/c14-9-3-1-8(2-4-9)12-10(7-11(17)18)19-13-15-5-6-16(12)13;/h1-4H,5-7H2,(H,17,18);1H. The van der Waals surface area contributed by atoms with E-state index >= 15 is 0 Å². The van der Waals surface area contributed by atoms with Gasteiger partial charge in [0.15, 0.2) is 5.17 Å². The van der Waals surface area contributed by atoms with Gasteiger partial charge in [0.05, 0.1) is 18.7 Å². The van der Waals surface area contributed by atoms with Crippen LogP contribution >= 0.6 is 40.3 Å². The predicted octanol–water partition coefficient (Wildman–Crippen LogP) is 3.48. The number of thioether (sulfide) groups is 1. The molecule has 0 atom stereocenters. The Kier molecular flexibility index (Phi) is 4.78. The van der Waals surface area contributed by atoms with Gasteiger partial charge in [-0.05, 0) is 17.7 Å². The molecule has 2 aliphatic rings. The molecule has 0 bridgehead atoms. The Morgan fingerprint density at radius 2 is 2.10 bits per heavy atom. The van der Waals surface area contributed by atoms with E-state index in [2.05, 4.69) is 9.89 Å². The molecule has 0 radical (unpaired) electrons. The Labute approximate surface area is 136 Å². The smallest absolute Gasteiger partial charge is 0.308 e. The highest BCUT2D eigenvalue weighted by Gasteiger charge is 2.33. The number of carboxylic acids is 1. The van der Waals surface area contributed by atoms with Crippen molar-refractivity contribution in [2.45, 2.75) is 6.42 Å². The molecule has 0 aromatic heterocycles. The Bertz CT molecular complexity index is 601. The van der Waals surface area contributed by atoms with E-state index in [0.29, 0.717) is 5.02 Å². The summed E-state index contributed by atoms with van der Waals surface area (Å²) in [6, 6.07) is 7.47. The summed E-state index contributed by atoms with van der Waals surface area (Å²) < 4.78 is 0. The lowest BCUT2D eigenvalue weighted by molar-refractivity contribution is -0.136. The van der Waals surface area contributed by atoms with E-state index < -0.39 is 5.97 Å². The molecule has 0 fully saturated rings. The molecule has 0 amide bonds. The van der Waals surface area contributed by atoms with Crippen molar-refractivity contribution in [2.75, 3.05) is 13.1 Å². The molecule has 1 aromatic carbocycles. The number of carboxylic acid groups (broad SMARTS) is 1. The fourth-order valence-corrected chi connectivity index (χ4v) is 3.53. The molecular formula is C13H12BrClN2O2S. The normalized spacial score (nSPS) is 16.9. The summed E-state index contributed by atoms with van der Waals surface area (Å²) in [7, 11) is 0. The number of halogens is 2. The van der Waals surface area contributed by atoms with Gasteiger partial charge < -0.3 is 10.0 Å². The third kappa shape index (κ3) is 2.87. The van der Waals surface area contributed by atoms with Crippen molar-refractivity contribution in [3.8, 4) is 0 Å². The van der Waals surface area contributed by atoms with Gasteiger partial charge in [0, 0.05) is 16.5 Å². The summed E-state index contributed by atoms with van der Waals surface area (Å²) in [5.41, 5.74) is 1.94. The molecule has 2 heterocycles. The van der Waals surface area contributed by atoms with Crippen LogP contribution in [0.4, 0.5) is 0 Å². The van der Waals surface area contributed by atoms with Gasteiger partial charge in [0.25, 0.3) is 0 Å². The van der Waals surface area contributed by atoms with E-state index in [1.807, 2.05) is 24.3 Å². The summed E-state index contributed by atoms with van der Waals surface area (Å²) in [6.45, 7) is 1.57. The Morgan fingerprint density at radius 3 is 2.75 bits per heavy atom. The molecule has 0 saturated heterocycles. The first kappa shape index (κ1) is 15.4. The third-order valence-corrected chi connectivity index (χ3v) is 4.35. The number of rotatable bonds is 3. The molecule has 0 spiro atoms. The van der Waals surface area contributed by atoms with Crippen molar-refractivity contribution in [1.29, 1.82) is 0 Å². The zero-order chi connectivity index (χ0) is 13.4. The van der Waals surface area contributed by atoms with Crippen LogP contribution in [0.25, 0.3) is 5.70 Å². The van der Waals surface area contributed by atoms with Crippen molar-refractivity contribution in [3.05, 3.63) is 39.8 Å². The number of aliphatic carboxylic acids is 1. The molecular weight excluding hydrogens is 364 g/mol. The van der Waals surface area contributed by atoms with Crippen molar-refractivity contribution in [2.24, 2.45) is 4.99 Å². The Balaban J connectivity index is 0.00000147. The first-order valence-corrected chi connectivity index (χ1v) is 7.05. The summed E-state index contributed by atoms with van der Waals surface area (Å²) in [5.74, 6) is -0.823. The van der Waals surface area contributed by atoms with Crippen LogP contribution in [0.5, 0.6) is 0 Å². The topological polar surface area (TPSA) is 52.9 Å². The average molecular weight is 376 g/mol. The summed E-state index contributed by atoms with van der Waals surface area (Å²) >= 11 is 7.36. The zero-order valence-electron chi connectivity index (χ0n) is 10.4. The molecule has 4 nitrogen and oxygen atoms in total. The summed E-state index contributed by atoms with van der Waals surface area (Å²) in [4.78, 5) is 18.3. The molecule has 0 unspecified atom stereocenters. The van der Waals surface area contributed by atoms with E-state index in [4.69, 9.17) is 16.7 Å². The van der Waals surface area contributed by atoms with Crippen LogP contribution in [0.1, 0.15) is 12.0 Å². The highest BCUT2D eigenvalue weighted by atomic mass is 79.9. The molecule has 3 rings (SSSR count). The lowest BCUT2D eigenvalue weighted by Crippen LogP contribution is -2.20. The minimum atomic E-state index is -0.823. The van der Waals surface area contributed by atoms with Gasteiger partial charge in [0.1, 0.15) is 0 Å². The maximum Gasteiger partial charge on any atom is 0.308 e. The number of fused-ring (bicyclic) bond motifs is 1. The molecule has 1 aromatic rings. The number of benzene rings is 1. The average Bonchev–Trinajstić information content (AvgIpc) is 2.90. The largest absolute Gasteiger partial charge is 0.481 e. The monoisotopic (exact) mass is 374 g/mol. The summed E-state index contributed by atoms with van der Waals surface area (Å²) in [5, 5.41) is 10.6. The number of hydrogen-bond acceptors (Lipinski definition) is 4. The van der Waals surface area contributed by atoms with Gasteiger partial charge in [-0.15, -0.1) is 17.0 Å². The lowest BCUT2D eigenvalue weighted by Gasteiger charge is -2.17. The fraction of sp³-hybridized carbons (Fsp3) is 0.231. The molecule has 0 aliphatic carbocycles. The quantitative estimate of drug-likeness (QED) is 0.879. The minimum absolute atomic E-state index is 0. The van der Waals surface area contributed by atoms with Gasteiger partial charge in [-0.25, -0.2) is 0 Å².